The summed E-state index contributed by atoms with van der Waals surface area (Å²) in [5.41, 5.74) is 0. The van der Waals surface area contributed by atoms with E-state index in [2.05, 4.69) is 81.5 Å². The van der Waals surface area contributed by atoms with Crippen molar-refractivity contribution in [1.82, 2.24) is 0 Å². The van der Waals surface area contributed by atoms with Crippen LogP contribution in [-0.4, -0.2) is 37.9 Å². The Kier molecular flexibility index (Phi) is 48.9. The summed E-state index contributed by atoms with van der Waals surface area (Å²) < 4.78 is 17.4. The van der Waals surface area contributed by atoms with Crippen LogP contribution >= 0.6 is 0 Å². The number of unbranched alkanes of at least 4 members (excludes halogenated alkanes) is 26. The molecule has 0 spiro atoms. The fourth-order valence-corrected chi connectivity index (χ4v) is 7.08. The lowest BCUT2D eigenvalue weighted by molar-refractivity contribution is -0.163. The largest absolute Gasteiger partial charge is 0.462 e. The third-order valence-electron chi connectivity index (χ3n) is 11.0. The normalized spacial score (nSPS) is 12.7. The molecule has 0 rings (SSSR count). The Balaban J connectivity index is 4.26. The summed E-state index contributed by atoms with van der Waals surface area (Å²) in [5.74, 6) is -0.419. The minimum absolute atomic E-state index is 0.0731. The molecule has 5 heteroatoms. The van der Waals surface area contributed by atoms with Crippen LogP contribution in [0.1, 0.15) is 252 Å². The van der Waals surface area contributed by atoms with Crippen LogP contribution in [0.3, 0.4) is 0 Å². The van der Waals surface area contributed by atoms with Gasteiger partial charge in [-0.3, -0.25) is 9.59 Å². The lowest BCUT2D eigenvalue weighted by Gasteiger charge is -2.18. The highest BCUT2D eigenvalue weighted by Gasteiger charge is 2.17. The van der Waals surface area contributed by atoms with Crippen molar-refractivity contribution >= 4 is 11.9 Å². The predicted octanol–water partition coefficient (Wildman–Crippen LogP) is 17.3. The van der Waals surface area contributed by atoms with E-state index < -0.39 is 6.10 Å². The van der Waals surface area contributed by atoms with Gasteiger partial charge in [0.05, 0.1) is 6.61 Å². The van der Waals surface area contributed by atoms with Gasteiger partial charge in [0.15, 0.2) is 6.10 Å². The van der Waals surface area contributed by atoms with Gasteiger partial charge in [-0.2, -0.15) is 0 Å². The maximum atomic E-state index is 12.8. The lowest BCUT2D eigenvalue weighted by atomic mass is 10.1. The summed E-state index contributed by atoms with van der Waals surface area (Å²) in [7, 11) is 0. The standard InChI is InChI=1S/C55H98O5/c1-4-7-10-13-16-19-22-24-26-28-29-31-34-36-39-42-45-48-54(56)59-52-53(60-55(57)49-46-43-40-37-33-21-18-15-12-9-6-3)51-58-50-47-44-41-38-35-32-30-27-25-23-20-17-14-11-8-5-2/h15-20,24-27,53H,4-14,21-23,28-52H2,1-3H3/b18-15-,19-16-,20-17-,26-24-,27-25-. The molecule has 0 fully saturated rings. The maximum absolute atomic E-state index is 12.8. The molecule has 0 amide bonds. The number of rotatable bonds is 47. The molecule has 0 aromatic heterocycles. The van der Waals surface area contributed by atoms with Crippen molar-refractivity contribution in [2.45, 2.75) is 258 Å². The zero-order chi connectivity index (χ0) is 43.5. The number of esters is 2. The van der Waals surface area contributed by atoms with E-state index in [9.17, 15) is 9.59 Å². The SMILES string of the molecule is CCCC/C=C\CCCCCCCC(=O)OC(COCCCCCCCC/C=C\C/C=C\CCCCC)COC(=O)CCCCCCCCC/C=C\C/C=C\CCCCC. The van der Waals surface area contributed by atoms with Crippen LogP contribution in [0.2, 0.25) is 0 Å². The van der Waals surface area contributed by atoms with Gasteiger partial charge in [-0.25, -0.2) is 0 Å². The summed E-state index contributed by atoms with van der Waals surface area (Å²) >= 11 is 0. The molecule has 0 aromatic rings. The van der Waals surface area contributed by atoms with Crippen LogP contribution in [-0.2, 0) is 23.8 Å². The zero-order valence-electron chi connectivity index (χ0n) is 40.0. The second-order valence-electron chi connectivity index (χ2n) is 17.1. The molecule has 0 saturated carbocycles. The first-order valence-corrected chi connectivity index (χ1v) is 25.8. The van der Waals surface area contributed by atoms with Crippen molar-refractivity contribution in [3.63, 3.8) is 0 Å². The van der Waals surface area contributed by atoms with Gasteiger partial charge < -0.3 is 14.2 Å². The Morgan fingerprint density at radius 2 is 0.717 bits per heavy atom. The van der Waals surface area contributed by atoms with E-state index in [1.165, 1.54) is 148 Å². The summed E-state index contributed by atoms with van der Waals surface area (Å²) in [6, 6.07) is 0. The number of hydrogen-bond donors (Lipinski definition) is 0. The molecule has 0 aromatic carbocycles. The van der Waals surface area contributed by atoms with E-state index in [4.69, 9.17) is 14.2 Å². The first-order valence-electron chi connectivity index (χ1n) is 25.8. The predicted molar refractivity (Wildman–Crippen MR) is 261 cm³/mol. The Labute approximate surface area is 373 Å². The average molecular weight is 839 g/mol. The van der Waals surface area contributed by atoms with Crippen molar-refractivity contribution in [2.24, 2.45) is 0 Å². The van der Waals surface area contributed by atoms with Crippen molar-refractivity contribution in [2.75, 3.05) is 19.8 Å². The molecule has 0 aliphatic carbocycles. The number of allylic oxidation sites excluding steroid dienone is 10. The van der Waals surface area contributed by atoms with Crippen LogP contribution in [0.25, 0.3) is 0 Å². The molecule has 1 atom stereocenters. The minimum atomic E-state index is -0.549. The third-order valence-corrected chi connectivity index (χ3v) is 11.0. The molecule has 1 unspecified atom stereocenters. The van der Waals surface area contributed by atoms with E-state index in [0.29, 0.717) is 19.4 Å². The van der Waals surface area contributed by atoms with Crippen molar-refractivity contribution in [3.8, 4) is 0 Å². The fourth-order valence-electron chi connectivity index (χ4n) is 7.08. The number of hydrogen-bond acceptors (Lipinski definition) is 5. The molecular formula is C55H98O5. The Morgan fingerprint density at radius 3 is 1.17 bits per heavy atom. The van der Waals surface area contributed by atoms with E-state index in [0.717, 1.165) is 70.6 Å². The van der Waals surface area contributed by atoms with Gasteiger partial charge in [-0.15, -0.1) is 0 Å². The molecule has 5 nitrogen and oxygen atoms in total. The van der Waals surface area contributed by atoms with Crippen molar-refractivity contribution < 1.29 is 23.8 Å². The van der Waals surface area contributed by atoms with Crippen LogP contribution < -0.4 is 0 Å². The van der Waals surface area contributed by atoms with Crippen LogP contribution in [0.5, 0.6) is 0 Å². The quantitative estimate of drug-likeness (QED) is 0.0347. The Hall–Kier alpha value is -2.40. The average Bonchev–Trinajstić information content (AvgIpc) is 3.25. The third kappa shape index (κ3) is 48.3. The fraction of sp³-hybridized carbons (Fsp3) is 0.782. The first-order chi connectivity index (χ1) is 29.6. The number of ether oxygens (including phenoxy) is 3. The van der Waals surface area contributed by atoms with E-state index >= 15 is 0 Å². The molecule has 0 N–H and O–H groups in total. The molecule has 0 heterocycles. The van der Waals surface area contributed by atoms with E-state index in [-0.39, 0.29) is 25.2 Å². The van der Waals surface area contributed by atoms with Gasteiger partial charge in [0.2, 0.25) is 0 Å². The van der Waals surface area contributed by atoms with Crippen molar-refractivity contribution in [1.29, 1.82) is 0 Å². The second kappa shape index (κ2) is 51.0. The molecular weight excluding hydrogens is 741 g/mol. The highest BCUT2D eigenvalue weighted by atomic mass is 16.6. The summed E-state index contributed by atoms with van der Waals surface area (Å²) in [5, 5.41) is 0. The topological polar surface area (TPSA) is 61.8 Å². The summed E-state index contributed by atoms with van der Waals surface area (Å²) in [6.07, 6.45) is 63.6. The monoisotopic (exact) mass is 839 g/mol. The first kappa shape index (κ1) is 57.6. The zero-order valence-corrected chi connectivity index (χ0v) is 40.0. The van der Waals surface area contributed by atoms with Gasteiger partial charge in [0, 0.05) is 19.4 Å². The van der Waals surface area contributed by atoms with Gasteiger partial charge in [-0.05, 0) is 103 Å². The number of carbonyl (C=O) groups excluding carboxylic acids is 2. The highest BCUT2D eigenvalue weighted by Crippen LogP contribution is 2.14. The van der Waals surface area contributed by atoms with Gasteiger partial charge in [-0.1, -0.05) is 197 Å². The highest BCUT2D eigenvalue weighted by molar-refractivity contribution is 5.70. The van der Waals surface area contributed by atoms with Crippen LogP contribution in [0.4, 0.5) is 0 Å². The van der Waals surface area contributed by atoms with Crippen molar-refractivity contribution in [3.05, 3.63) is 60.8 Å². The smallest absolute Gasteiger partial charge is 0.306 e. The van der Waals surface area contributed by atoms with E-state index in [1.54, 1.807) is 0 Å². The van der Waals surface area contributed by atoms with Gasteiger partial charge >= 0.3 is 11.9 Å². The molecule has 0 radical (unpaired) electrons. The van der Waals surface area contributed by atoms with Crippen LogP contribution in [0, 0.1) is 0 Å². The molecule has 0 bridgehead atoms. The number of carbonyl (C=O) groups is 2. The van der Waals surface area contributed by atoms with Gasteiger partial charge in [0.1, 0.15) is 6.61 Å². The van der Waals surface area contributed by atoms with Crippen LogP contribution in [0.15, 0.2) is 60.8 Å². The molecule has 0 aliphatic rings. The molecule has 348 valence electrons. The lowest BCUT2D eigenvalue weighted by Crippen LogP contribution is -2.30. The molecule has 60 heavy (non-hydrogen) atoms. The maximum Gasteiger partial charge on any atom is 0.306 e. The minimum Gasteiger partial charge on any atom is -0.462 e. The second-order valence-corrected chi connectivity index (χ2v) is 17.1. The van der Waals surface area contributed by atoms with Gasteiger partial charge in [0.25, 0.3) is 0 Å². The van der Waals surface area contributed by atoms with E-state index in [1.807, 2.05) is 0 Å². The summed E-state index contributed by atoms with van der Waals surface area (Å²) in [4.78, 5) is 25.4. The molecule has 0 aliphatic heterocycles. The Bertz CT molecular complexity index is 1040. The Morgan fingerprint density at radius 1 is 0.367 bits per heavy atom. The summed E-state index contributed by atoms with van der Waals surface area (Å²) in [6.45, 7) is 7.72. The molecule has 0 saturated heterocycles.